The molecule has 0 aliphatic heterocycles. The lowest BCUT2D eigenvalue weighted by Crippen LogP contribution is -2.37. The number of hydrogen-bond acceptors (Lipinski definition) is 5. The molecule has 0 radical (unpaired) electrons. The molecule has 7 heteroatoms. The number of rotatable bonds is 8. The van der Waals surface area contributed by atoms with E-state index in [4.69, 9.17) is 13.9 Å². The van der Waals surface area contributed by atoms with Crippen molar-refractivity contribution in [1.29, 1.82) is 0 Å². The van der Waals surface area contributed by atoms with E-state index in [-0.39, 0.29) is 17.8 Å². The second-order valence-corrected chi connectivity index (χ2v) is 8.12. The fraction of sp³-hybridized carbons (Fsp3) is 0.545. The third-order valence-electron chi connectivity index (χ3n) is 5.37. The van der Waals surface area contributed by atoms with Crippen LogP contribution in [-0.2, 0) is 20.9 Å². The van der Waals surface area contributed by atoms with Gasteiger partial charge < -0.3 is 19.0 Å². The molecule has 1 fully saturated rings. The highest BCUT2D eigenvalue weighted by atomic mass is 19.1. The van der Waals surface area contributed by atoms with Gasteiger partial charge in [0.15, 0.2) is 5.60 Å². The molecule has 0 spiro atoms. The van der Waals surface area contributed by atoms with Crippen molar-refractivity contribution in [2.45, 2.75) is 64.8 Å². The van der Waals surface area contributed by atoms with Crippen LogP contribution in [0.25, 0.3) is 11.5 Å². The second-order valence-electron chi connectivity index (χ2n) is 8.12. The summed E-state index contributed by atoms with van der Waals surface area (Å²) in [6.45, 7) is 5.73. The van der Waals surface area contributed by atoms with Gasteiger partial charge in [-0.3, -0.25) is 0 Å². The van der Waals surface area contributed by atoms with Crippen LogP contribution in [0.3, 0.4) is 0 Å². The lowest BCUT2D eigenvalue weighted by molar-refractivity contribution is -0.163. The van der Waals surface area contributed by atoms with Crippen molar-refractivity contribution in [1.82, 2.24) is 4.98 Å². The molecule has 1 heterocycles. The van der Waals surface area contributed by atoms with Gasteiger partial charge in [0.05, 0.1) is 19.3 Å². The molecule has 0 bridgehead atoms. The van der Waals surface area contributed by atoms with Gasteiger partial charge in [0, 0.05) is 5.56 Å². The maximum absolute atomic E-state index is 13.1. The summed E-state index contributed by atoms with van der Waals surface area (Å²) < 4.78 is 30.5. The molecule has 2 atom stereocenters. The van der Waals surface area contributed by atoms with E-state index in [1.54, 1.807) is 26.0 Å². The Labute approximate surface area is 170 Å². The second kappa shape index (κ2) is 9.05. The van der Waals surface area contributed by atoms with E-state index in [2.05, 4.69) is 4.98 Å². The van der Waals surface area contributed by atoms with Crippen LogP contribution in [0, 0.1) is 18.7 Å². The highest BCUT2D eigenvalue weighted by Gasteiger charge is 2.31. The Morgan fingerprint density at radius 3 is 2.72 bits per heavy atom. The van der Waals surface area contributed by atoms with E-state index in [9.17, 15) is 14.3 Å². The van der Waals surface area contributed by atoms with Crippen LogP contribution in [-0.4, -0.2) is 34.4 Å². The van der Waals surface area contributed by atoms with Gasteiger partial charge in [0.1, 0.15) is 17.3 Å². The van der Waals surface area contributed by atoms with Gasteiger partial charge >= 0.3 is 5.97 Å². The molecule has 0 amide bonds. The fourth-order valence-electron chi connectivity index (χ4n) is 3.41. The first-order chi connectivity index (χ1) is 13.7. The molecule has 6 nitrogen and oxygen atoms in total. The zero-order valence-electron chi connectivity index (χ0n) is 17.1. The van der Waals surface area contributed by atoms with Crippen molar-refractivity contribution in [3.05, 3.63) is 41.5 Å². The van der Waals surface area contributed by atoms with Crippen LogP contribution in [0.5, 0.6) is 0 Å². The minimum atomic E-state index is -1.18. The van der Waals surface area contributed by atoms with Crippen molar-refractivity contribution in [2.75, 3.05) is 6.61 Å². The molecule has 29 heavy (non-hydrogen) atoms. The Bertz CT molecular complexity index is 830. The molecule has 1 aromatic carbocycles. The van der Waals surface area contributed by atoms with Crippen LogP contribution in [0.15, 0.2) is 28.7 Å². The average Bonchev–Trinajstić information content (AvgIpc) is 3.06. The van der Waals surface area contributed by atoms with Crippen molar-refractivity contribution in [3.63, 3.8) is 0 Å². The number of aryl methyl sites for hydroxylation is 1. The molecule has 2 unspecified atom stereocenters. The summed E-state index contributed by atoms with van der Waals surface area (Å²) in [7, 11) is 0. The maximum Gasteiger partial charge on any atom is 0.335 e. The number of carboxylic acids is 1. The van der Waals surface area contributed by atoms with Crippen molar-refractivity contribution >= 4 is 5.97 Å². The van der Waals surface area contributed by atoms with Crippen LogP contribution in [0.2, 0.25) is 0 Å². The lowest BCUT2D eigenvalue weighted by atomic mass is 9.87. The normalized spacial score (nSPS) is 20.0. The molecule has 3 rings (SSSR count). The summed E-state index contributed by atoms with van der Waals surface area (Å²) in [6.07, 6.45) is 3.89. The van der Waals surface area contributed by atoms with Crippen molar-refractivity contribution in [2.24, 2.45) is 5.92 Å². The summed E-state index contributed by atoms with van der Waals surface area (Å²) in [5.74, 6) is 0.151. The van der Waals surface area contributed by atoms with Gasteiger partial charge in [-0.25, -0.2) is 14.2 Å². The number of aromatic nitrogens is 1. The monoisotopic (exact) mass is 405 g/mol. The Morgan fingerprint density at radius 2 is 2.03 bits per heavy atom. The minimum Gasteiger partial charge on any atom is -0.479 e. The van der Waals surface area contributed by atoms with E-state index in [0.29, 0.717) is 24.9 Å². The number of hydrogen-bond donors (Lipinski definition) is 1. The Balaban J connectivity index is 1.53. The number of ether oxygens (including phenoxy) is 2. The summed E-state index contributed by atoms with van der Waals surface area (Å²) in [6, 6.07) is 6.02. The van der Waals surface area contributed by atoms with E-state index >= 15 is 0 Å². The number of carbonyl (C=O) groups is 1. The van der Waals surface area contributed by atoms with Gasteiger partial charge in [-0.05, 0) is 70.2 Å². The van der Waals surface area contributed by atoms with Crippen molar-refractivity contribution in [3.8, 4) is 11.5 Å². The molecule has 1 N–H and O–H groups in total. The predicted octanol–water partition coefficient (Wildman–Crippen LogP) is 4.74. The number of carboxylic acid groups (broad SMARTS) is 1. The average molecular weight is 405 g/mol. The van der Waals surface area contributed by atoms with Crippen LogP contribution in [0.1, 0.15) is 51.0 Å². The molecular weight excluding hydrogens is 377 g/mol. The minimum absolute atomic E-state index is 0.0793. The van der Waals surface area contributed by atoms with Crippen molar-refractivity contribution < 1.29 is 28.2 Å². The highest BCUT2D eigenvalue weighted by Crippen LogP contribution is 2.29. The molecule has 1 aromatic heterocycles. The summed E-state index contributed by atoms with van der Waals surface area (Å²) in [5, 5.41) is 9.17. The highest BCUT2D eigenvalue weighted by molar-refractivity contribution is 5.76. The standard InChI is InChI=1S/C22H28FNO5/c1-14-19(24-20(29-14)16-7-9-17(23)10-8-16)13-27-18-6-4-5-15(11-18)12-28-22(2,3)21(25)26/h7-10,15,18H,4-6,11-13H2,1-3H3,(H,25,26). The van der Waals surface area contributed by atoms with Gasteiger partial charge in [-0.15, -0.1) is 0 Å². The van der Waals surface area contributed by atoms with E-state index in [1.807, 2.05) is 6.92 Å². The zero-order chi connectivity index (χ0) is 21.0. The molecule has 1 aliphatic carbocycles. The number of nitrogens with zero attached hydrogens (tertiary/aromatic N) is 1. The first-order valence-corrected chi connectivity index (χ1v) is 9.96. The topological polar surface area (TPSA) is 81.8 Å². The number of benzene rings is 1. The third-order valence-corrected chi connectivity index (χ3v) is 5.37. The van der Waals surface area contributed by atoms with Crippen LogP contribution >= 0.6 is 0 Å². The van der Waals surface area contributed by atoms with E-state index in [0.717, 1.165) is 36.9 Å². The predicted molar refractivity (Wildman–Crippen MR) is 105 cm³/mol. The van der Waals surface area contributed by atoms with E-state index < -0.39 is 11.6 Å². The molecule has 1 aliphatic rings. The Hall–Kier alpha value is -2.25. The number of halogens is 1. The molecular formula is C22H28FNO5. The first-order valence-electron chi connectivity index (χ1n) is 9.96. The Morgan fingerprint density at radius 1 is 1.31 bits per heavy atom. The van der Waals surface area contributed by atoms with Gasteiger partial charge in [0.25, 0.3) is 0 Å². The summed E-state index contributed by atoms with van der Waals surface area (Å²) >= 11 is 0. The van der Waals surface area contributed by atoms with Gasteiger partial charge in [-0.2, -0.15) is 0 Å². The number of aliphatic carboxylic acids is 1. The fourth-order valence-corrected chi connectivity index (χ4v) is 3.41. The molecule has 0 saturated heterocycles. The molecule has 2 aromatic rings. The maximum atomic E-state index is 13.1. The van der Waals surface area contributed by atoms with Gasteiger partial charge in [0.2, 0.25) is 5.89 Å². The SMILES string of the molecule is Cc1oc(-c2ccc(F)cc2)nc1COC1CCCC(COC(C)(C)C(=O)O)C1. The van der Waals surface area contributed by atoms with Crippen LogP contribution in [0.4, 0.5) is 4.39 Å². The first kappa shape index (κ1) is 21.5. The Kier molecular flexibility index (Phi) is 6.70. The van der Waals surface area contributed by atoms with Crippen LogP contribution < -0.4 is 0 Å². The third kappa shape index (κ3) is 5.64. The number of oxazole rings is 1. The molecule has 1 saturated carbocycles. The van der Waals surface area contributed by atoms with E-state index in [1.165, 1.54) is 12.1 Å². The lowest BCUT2D eigenvalue weighted by Gasteiger charge is -2.31. The zero-order valence-corrected chi connectivity index (χ0v) is 17.1. The smallest absolute Gasteiger partial charge is 0.335 e. The summed E-state index contributed by atoms with van der Waals surface area (Å²) in [4.78, 5) is 15.7. The molecule has 158 valence electrons. The summed E-state index contributed by atoms with van der Waals surface area (Å²) in [5.41, 5.74) is 0.272. The quantitative estimate of drug-likeness (QED) is 0.683. The largest absolute Gasteiger partial charge is 0.479 e. The van der Waals surface area contributed by atoms with Gasteiger partial charge in [-0.1, -0.05) is 6.42 Å².